The summed E-state index contributed by atoms with van der Waals surface area (Å²) in [5, 5.41) is 8.71. The van der Waals surface area contributed by atoms with Crippen molar-refractivity contribution in [1.82, 2.24) is 0 Å². The molecule has 1 aliphatic carbocycles. The first-order chi connectivity index (χ1) is 19.2. The summed E-state index contributed by atoms with van der Waals surface area (Å²) < 4.78 is 16.2. The summed E-state index contributed by atoms with van der Waals surface area (Å²) in [5.74, 6) is 2.00. The van der Waals surface area contributed by atoms with Crippen molar-refractivity contribution in [3.63, 3.8) is 0 Å². The molecule has 212 valence electrons. The molecule has 0 radical (unpaired) electrons. The van der Waals surface area contributed by atoms with Crippen LogP contribution < -0.4 is 9.47 Å². The first kappa shape index (κ1) is 30.7. The van der Waals surface area contributed by atoms with Gasteiger partial charge in [0.1, 0.15) is 11.5 Å². The van der Waals surface area contributed by atoms with Crippen LogP contribution in [-0.4, -0.2) is 26.0 Å². The van der Waals surface area contributed by atoms with E-state index < -0.39 is 0 Å². The van der Waals surface area contributed by atoms with Crippen molar-refractivity contribution >= 4 is 5.57 Å². The maximum atomic E-state index is 8.71. The predicted octanol–water partition coefficient (Wildman–Crippen LogP) is 9.38. The van der Waals surface area contributed by atoms with Crippen LogP contribution in [0.5, 0.6) is 11.5 Å². The number of benzene rings is 2. The Hall–Kier alpha value is -2.86. The normalized spacial score (nSPS) is 19.3. The fourth-order valence-corrected chi connectivity index (χ4v) is 5.16. The van der Waals surface area contributed by atoms with Gasteiger partial charge in [-0.25, -0.2) is 5.26 Å². The Morgan fingerprint density at radius 2 is 1.69 bits per heavy atom. The number of hydrogen-bond acceptors (Lipinski definition) is 5. The van der Waals surface area contributed by atoms with Crippen LogP contribution in [0.3, 0.4) is 0 Å². The molecule has 39 heavy (non-hydrogen) atoms. The van der Waals surface area contributed by atoms with E-state index in [1.54, 1.807) is 13.2 Å². The van der Waals surface area contributed by atoms with E-state index in [-0.39, 0.29) is 13.6 Å². The Kier molecular flexibility index (Phi) is 13.9. The van der Waals surface area contributed by atoms with Crippen LogP contribution in [0.1, 0.15) is 82.8 Å². The van der Waals surface area contributed by atoms with Gasteiger partial charge in [0, 0.05) is 13.2 Å². The quantitative estimate of drug-likeness (QED) is 0.120. The molecular weight excluding hydrogens is 488 g/mol. The minimum atomic E-state index is -0.264. The van der Waals surface area contributed by atoms with E-state index in [9.17, 15) is 0 Å². The third kappa shape index (κ3) is 10.3. The maximum absolute atomic E-state index is 8.71. The summed E-state index contributed by atoms with van der Waals surface area (Å²) in [5.41, 5.74) is 5.81. The molecule has 1 N–H and O–H groups in total. The molecule has 2 aromatic carbocycles. The summed E-state index contributed by atoms with van der Waals surface area (Å²) in [4.78, 5) is 4.10. The van der Waals surface area contributed by atoms with Gasteiger partial charge in [0.15, 0.2) is 6.79 Å². The van der Waals surface area contributed by atoms with Crippen LogP contribution in [0, 0.1) is 5.92 Å². The lowest BCUT2D eigenvalue weighted by Gasteiger charge is -2.16. The van der Waals surface area contributed by atoms with Gasteiger partial charge in [-0.05, 0) is 78.0 Å². The summed E-state index contributed by atoms with van der Waals surface area (Å²) in [6.07, 6.45) is 23.9. The van der Waals surface area contributed by atoms with Crippen LogP contribution >= 0.6 is 0 Å². The molecule has 5 nitrogen and oxygen atoms in total. The Bertz CT molecular complexity index is 1060. The smallest absolute Gasteiger partial charge is 0.220 e. The number of allylic oxidation sites excluding steroid dienone is 6. The second-order valence-electron chi connectivity index (χ2n) is 10.2. The van der Waals surface area contributed by atoms with E-state index >= 15 is 0 Å². The zero-order valence-corrected chi connectivity index (χ0v) is 24.0. The predicted molar refractivity (Wildman–Crippen MR) is 160 cm³/mol. The van der Waals surface area contributed by atoms with Crippen LogP contribution in [0.15, 0.2) is 66.8 Å². The topological polar surface area (TPSA) is 57.2 Å². The molecule has 1 unspecified atom stereocenters. The van der Waals surface area contributed by atoms with Crippen molar-refractivity contribution in [2.24, 2.45) is 5.92 Å². The molecule has 3 rings (SSSR count). The van der Waals surface area contributed by atoms with E-state index in [0.29, 0.717) is 11.5 Å². The minimum absolute atomic E-state index is 0.131. The Balaban J connectivity index is 1.86. The number of hydrogen-bond donors (Lipinski definition) is 1. The lowest BCUT2D eigenvalue weighted by atomic mass is 9.90. The van der Waals surface area contributed by atoms with Gasteiger partial charge in [-0.2, -0.15) is 4.89 Å². The lowest BCUT2D eigenvalue weighted by Crippen LogP contribution is -2.02. The van der Waals surface area contributed by atoms with Crippen molar-refractivity contribution in [2.45, 2.75) is 78.1 Å². The fraction of sp³-hybridized carbons (Fsp3) is 0.471. The van der Waals surface area contributed by atoms with Crippen LogP contribution in [0.25, 0.3) is 16.7 Å². The third-order valence-corrected chi connectivity index (χ3v) is 7.28. The number of rotatable bonds is 13. The van der Waals surface area contributed by atoms with Crippen molar-refractivity contribution in [3.8, 4) is 22.6 Å². The summed E-state index contributed by atoms with van der Waals surface area (Å²) >= 11 is 0. The molecule has 1 aliphatic rings. The minimum Gasteiger partial charge on any atom is -0.467 e. The van der Waals surface area contributed by atoms with Crippen molar-refractivity contribution in [3.05, 3.63) is 77.9 Å². The van der Waals surface area contributed by atoms with E-state index in [0.717, 1.165) is 36.3 Å². The van der Waals surface area contributed by atoms with E-state index in [1.165, 1.54) is 61.6 Å². The van der Waals surface area contributed by atoms with Gasteiger partial charge < -0.3 is 14.2 Å². The highest BCUT2D eigenvalue weighted by atomic mass is 17.1. The SMILES string of the molecule is CCCCCC1CC\C=C/C(c2ccc(-c3cc(OCOC)cc(OCOO)c3)cc2CC)=C\C=C\CCC1. The van der Waals surface area contributed by atoms with Crippen molar-refractivity contribution in [1.29, 1.82) is 0 Å². The first-order valence-electron chi connectivity index (χ1n) is 14.5. The molecule has 1 atom stereocenters. The molecular formula is C34H46O5. The number of unbranched alkanes of at least 4 members (excludes halogenated alkanes) is 2. The van der Waals surface area contributed by atoms with Gasteiger partial charge in [-0.3, -0.25) is 0 Å². The molecule has 5 heteroatoms. The molecule has 0 amide bonds. The number of methoxy groups -OCH3 is 1. The molecule has 0 aromatic heterocycles. The first-order valence-corrected chi connectivity index (χ1v) is 14.5. The highest BCUT2D eigenvalue weighted by Crippen LogP contribution is 2.33. The molecule has 0 bridgehead atoms. The Labute approximate surface area is 235 Å². The Morgan fingerprint density at radius 3 is 2.44 bits per heavy atom. The lowest BCUT2D eigenvalue weighted by molar-refractivity contribution is -0.278. The fourth-order valence-electron chi connectivity index (χ4n) is 5.16. The summed E-state index contributed by atoms with van der Waals surface area (Å²) in [6, 6.07) is 12.2. The molecule has 0 aliphatic heterocycles. The molecule has 0 saturated carbocycles. The maximum Gasteiger partial charge on any atom is 0.220 e. The third-order valence-electron chi connectivity index (χ3n) is 7.28. The summed E-state index contributed by atoms with van der Waals surface area (Å²) in [7, 11) is 1.58. The van der Waals surface area contributed by atoms with Crippen molar-refractivity contribution in [2.75, 3.05) is 20.7 Å². The van der Waals surface area contributed by atoms with Gasteiger partial charge in [-0.15, -0.1) is 0 Å². The van der Waals surface area contributed by atoms with E-state index in [4.69, 9.17) is 19.5 Å². The summed E-state index contributed by atoms with van der Waals surface area (Å²) in [6.45, 7) is 4.35. The molecule has 0 saturated heterocycles. The standard InChI is InChI=1S/C34H46O5/c1-4-6-9-14-27-15-10-7-8-11-17-29(18-13-12-16-27)34-20-19-30(21-28(34)5-2)31-22-32(37-25-36-3)24-33(23-31)38-26-39-35/h8,11,13,17-24,27,35H,4-7,9-10,12,14-16,25-26H2,1-3H3/b11-8+,18-13-,29-17+. The largest absolute Gasteiger partial charge is 0.467 e. The highest BCUT2D eigenvalue weighted by molar-refractivity contribution is 5.80. The molecule has 0 heterocycles. The van der Waals surface area contributed by atoms with E-state index in [1.807, 2.05) is 12.1 Å². The highest BCUT2D eigenvalue weighted by Gasteiger charge is 2.12. The van der Waals surface area contributed by atoms with Gasteiger partial charge in [0.25, 0.3) is 0 Å². The van der Waals surface area contributed by atoms with Crippen LogP contribution in [0.2, 0.25) is 0 Å². The molecule has 0 spiro atoms. The van der Waals surface area contributed by atoms with Gasteiger partial charge in [-0.1, -0.05) is 94.5 Å². The zero-order chi connectivity index (χ0) is 27.7. The van der Waals surface area contributed by atoms with Crippen LogP contribution in [0.4, 0.5) is 0 Å². The second-order valence-corrected chi connectivity index (χ2v) is 10.2. The van der Waals surface area contributed by atoms with Crippen molar-refractivity contribution < 1.29 is 24.4 Å². The van der Waals surface area contributed by atoms with Gasteiger partial charge >= 0.3 is 0 Å². The van der Waals surface area contributed by atoms with Crippen LogP contribution in [-0.2, 0) is 16.0 Å². The molecule has 2 aromatic rings. The zero-order valence-electron chi connectivity index (χ0n) is 24.0. The average molecular weight is 535 g/mol. The van der Waals surface area contributed by atoms with E-state index in [2.05, 4.69) is 67.3 Å². The van der Waals surface area contributed by atoms with Gasteiger partial charge in [0.2, 0.25) is 6.79 Å². The second kappa shape index (κ2) is 17.7. The number of ether oxygens (including phenoxy) is 3. The monoisotopic (exact) mass is 534 g/mol. The molecule has 0 fully saturated rings. The Morgan fingerprint density at radius 1 is 0.872 bits per heavy atom. The average Bonchev–Trinajstić information content (AvgIpc) is 2.96. The number of aryl methyl sites for hydroxylation is 1. The van der Waals surface area contributed by atoms with Gasteiger partial charge in [0.05, 0.1) is 0 Å².